The first-order chi connectivity index (χ1) is 8.25. The molecule has 18 heavy (non-hydrogen) atoms. The quantitative estimate of drug-likeness (QED) is 0.653. The van der Waals surface area contributed by atoms with E-state index in [1.54, 1.807) is 0 Å². The molecule has 0 aliphatic carbocycles. The topological polar surface area (TPSA) is 78.4 Å². The number of nitrogens with one attached hydrogen (secondary N) is 2. The van der Waals surface area contributed by atoms with E-state index in [0.29, 0.717) is 18.4 Å². The van der Waals surface area contributed by atoms with E-state index >= 15 is 0 Å². The second-order valence-corrected chi connectivity index (χ2v) is 5.50. The fourth-order valence-electron chi connectivity index (χ4n) is 1.36. The Kier molecular flexibility index (Phi) is 7.39. The van der Waals surface area contributed by atoms with Gasteiger partial charge in [0.1, 0.15) is 0 Å². The molecule has 2 unspecified atom stereocenters. The van der Waals surface area contributed by atoms with Crippen molar-refractivity contribution in [2.45, 2.75) is 34.6 Å². The molecule has 0 aromatic rings. The fourth-order valence-corrected chi connectivity index (χ4v) is 1.36. The number of carbonyl (C=O) groups is 2. The number of rotatable bonds is 7. The maximum Gasteiger partial charge on any atom is 0.314 e. The summed E-state index contributed by atoms with van der Waals surface area (Å²) in [7, 11) is 0. The lowest BCUT2D eigenvalue weighted by molar-refractivity contribution is -0.142. The van der Waals surface area contributed by atoms with Gasteiger partial charge in [-0.3, -0.25) is 4.79 Å². The molecule has 0 saturated carbocycles. The van der Waals surface area contributed by atoms with E-state index in [2.05, 4.69) is 31.4 Å². The first-order valence-corrected chi connectivity index (χ1v) is 6.50. The minimum absolute atomic E-state index is 0.00242. The van der Waals surface area contributed by atoms with Gasteiger partial charge in [0.05, 0.1) is 5.92 Å². The Hall–Kier alpha value is -1.26. The molecule has 0 aromatic heterocycles. The zero-order chi connectivity index (χ0) is 14.3. The molecule has 2 amide bonds. The lowest BCUT2D eigenvalue weighted by Gasteiger charge is -2.19. The van der Waals surface area contributed by atoms with Crippen molar-refractivity contribution in [3.63, 3.8) is 0 Å². The summed E-state index contributed by atoms with van der Waals surface area (Å²) in [4.78, 5) is 22.4. The molecular weight excluding hydrogens is 232 g/mol. The number of carboxylic acids is 1. The molecule has 0 rings (SSSR count). The van der Waals surface area contributed by atoms with Crippen molar-refractivity contribution in [3.05, 3.63) is 0 Å². The lowest BCUT2D eigenvalue weighted by Crippen LogP contribution is -2.42. The van der Waals surface area contributed by atoms with Crippen LogP contribution in [0, 0.1) is 23.7 Å². The smallest absolute Gasteiger partial charge is 0.314 e. The molecule has 0 fully saturated rings. The van der Waals surface area contributed by atoms with Gasteiger partial charge in [-0.15, -0.1) is 0 Å². The third-order valence-corrected chi connectivity index (χ3v) is 3.33. The van der Waals surface area contributed by atoms with Gasteiger partial charge in [-0.25, -0.2) is 4.79 Å². The Morgan fingerprint density at radius 2 is 1.44 bits per heavy atom. The molecule has 5 nitrogen and oxygen atoms in total. The summed E-state index contributed by atoms with van der Waals surface area (Å²) in [5.74, 6) is -0.514. The van der Waals surface area contributed by atoms with E-state index in [9.17, 15) is 9.59 Å². The Balaban J connectivity index is 3.99. The summed E-state index contributed by atoms with van der Waals surface area (Å²) < 4.78 is 0. The highest BCUT2D eigenvalue weighted by Crippen LogP contribution is 2.10. The average molecular weight is 258 g/mol. The molecule has 0 bridgehead atoms. The van der Waals surface area contributed by atoms with E-state index in [4.69, 9.17) is 5.11 Å². The molecule has 0 radical (unpaired) electrons. The Morgan fingerprint density at radius 3 is 1.83 bits per heavy atom. The molecule has 0 aliphatic rings. The van der Waals surface area contributed by atoms with Crippen LogP contribution in [-0.2, 0) is 4.79 Å². The van der Waals surface area contributed by atoms with Gasteiger partial charge in [-0.2, -0.15) is 0 Å². The van der Waals surface area contributed by atoms with Gasteiger partial charge in [0.15, 0.2) is 0 Å². The van der Waals surface area contributed by atoms with Crippen LogP contribution in [0.5, 0.6) is 0 Å². The largest absolute Gasteiger partial charge is 0.481 e. The molecule has 106 valence electrons. The zero-order valence-corrected chi connectivity index (χ0v) is 12.0. The molecule has 3 N–H and O–H groups in total. The SMILES string of the molecule is CC(C)C(C)CNC(=O)NCC(C(=O)O)C(C)C. The number of hydrogen-bond donors (Lipinski definition) is 3. The Morgan fingerprint density at radius 1 is 0.944 bits per heavy atom. The van der Waals surface area contributed by atoms with Gasteiger partial charge in [0.25, 0.3) is 0 Å². The van der Waals surface area contributed by atoms with Gasteiger partial charge in [0, 0.05) is 13.1 Å². The summed E-state index contributed by atoms with van der Waals surface area (Å²) in [6, 6.07) is -0.297. The van der Waals surface area contributed by atoms with Crippen molar-refractivity contribution in [1.82, 2.24) is 10.6 Å². The van der Waals surface area contributed by atoms with Crippen molar-refractivity contribution >= 4 is 12.0 Å². The second kappa shape index (κ2) is 7.95. The predicted molar refractivity (Wildman–Crippen MR) is 71.4 cm³/mol. The van der Waals surface area contributed by atoms with E-state index in [-0.39, 0.29) is 18.5 Å². The van der Waals surface area contributed by atoms with Gasteiger partial charge in [-0.05, 0) is 17.8 Å². The highest BCUT2D eigenvalue weighted by molar-refractivity contribution is 5.75. The van der Waals surface area contributed by atoms with Crippen LogP contribution in [0.4, 0.5) is 4.79 Å². The number of carboxylic acid groups (broad SMARTS) is 1. The maximum atomic E-state index is 11.5. The minimum Gasteiger partial charge on any atom is -0.481 e. The third kappa shape index (κ3) is 6.47. The summed E-state index contributed by atoms with van der Waals surface area (Å²) >= 11 is 0. The summed E-state index contributed by atoms with van der Waals surface area (Å²) in [5.41, 5.74) is 0. The van der Waals surface area contributed by atoms with E-state index in [0.717, 1.165) is 0 Å². The van der Waals surface area contributed by atoms with Crippen LogP contribution in [0.1, 0.15) is 34.6 Å². The number of amides is 2. The third-order valence-electron chi connectivity index (χ3n) is 3.33. The van der Waals surface area contributed by atoms with Gasteiger partial charge >= 0.3 is 12.0 Å². The van der Waals surface area contributed by atoms with E-state index < -0.39 is 11.9 Å². The molecule has 2 atom stereocenters. The van der Waals surface area contributed by atoms with Crippen LogP contribution in [0.15, 0.2) is 0 Å². The number of hydrogen-bond acceptors (Lipinski definition) is 2. The molecule has 0 heterocycles. The molecule has 0 aliphatic heterocycles. The lowest BCUT2D eigenvalue weighted by atomic mass is 9.96. The van der Waals surface area contributed by atoms with Crippen LogP contribution in [0.3, 0.4) is 0 Å². The van der Waals surface area contributed by atoms with Crippen LogP contribution in [-0.4, -0.2) is 30.2 Å². The highest BCUT2D eigenvalue weighted by atomic mass is 16.4. The Bertz CT molecular complexity index is 277. The standard InChI is InChI=1S/C13H26N2O3/c1-8(2)10(5)6-14-13(18)15-7-11(9(3)4)12(16)17/h8-11H,6-7H2,1-5H3,(H,16,17)(H2,14,15,18). The van der Waals surface area contributed by atoms with Crippen LogP contribution in [0.25, 0.3) is 0 Å². The summed E-state index contributed by atoms with van der Waals surface area (Å²) in [5, 5.41) is 14.3. The molecule has 0 saturated heterocycles. The Labute approximate surface area is 109 Å². The maximum absolute atomic E-state index is 11.5. The van der Waals surface area contributed by atoms with Gasteiger partial charge in [0.2, 0.25) is 0 Å². The highest BCUT2D eigenvalue weighted by Gasteiger charge is 2.21. The zero-order valence-electron chi connectivity index (χ0n) is 12.0. The number of urea groups is 1. The fraction of sp³-hybridized carbons (Fsp3) is 0.846. The molecule has 5 heteroatoms. The van der Waals surface area contributed by atoms with Crippen molar-refractivity contribution < 1.29 is 14.7 Å². The first kappa shape index (κ1) is 16.7. The molecular formula is C13H26N2O3. The second-order valence-electron chi connectivity index (χ2n) is 5.50. The minimum atomic E-state index is -0.874. The van der Waals surface area contributed by atoms with Gasteiger partial charge in [-0.1, -0.05) is 34.6 Å². The number of aliphatic carboxylic acids is 1. The van der Waals surface area contributed by atoms with Crippen molar-refractivity contribution in [3.8, 4) is 0 Å². The first-order valence-electron chi connectivity index (χ1n) is 6.50. The summed E-state index contributed by atoms with van der Waals surface area (Å²) in [6.07, 6.45) is 0. The predicted octanol–water partition coefficient (Wildman–Crippen LogP) is 1.93. The van der Waals surface area contributed by atoms with Crippen molar-refractivity contribution in [1.29, 1.82) is 0 Å². The van der Waals surface area contributed by atoms with E-state index in [1.165, 1.54) is 0 Å². The number of carbonyl (C=O) groups excluding carboxylic acids is 1. The molecule has 0 aromatic carbocycles. The van der Waals surface area contributed by atoms with Crippen LogP contribution < -0.4 is 10.6 Å². The van der Waals surface area contributed by atoms with Crippen molar-refractivity contribution in [2.75, 3.05) is 13.1 Å². The van der Waals surface area contributed by atoms with Crippen molar-refractivity contribution in [2.24, 2.45) is 23.7 Å². The van der Waals surface area contributed by atoms with Crippen LogP contribution >= 0.6 is 0 Å². The van der Waals surface area contributed by atoms with E-state index in [1.807, 2.05) is 13.8 Å². The van der Waals surface area contributed by atoms with Gasteiger partial charge < -0.3 is 15.7 Å². The average Bonchev–Trinajstić information content (AvgIpc) is 2.24. The van der Waals surface area contributed by atoms with Crippen LogP contribution in [0.2, 0.25) is 0 Å². The normalized spacial score (nSPS) is 14.4. The monoisotopic (exact) mass is 258 g/mol. The summed E-state index contributed by atoms with van der Waals surface area (Å²) in [6.45, 7) is 10.7. The molecule has 0 spiro atoms.